The zero-order chi connectivity index (χ0) is 14.8. The topological polar surface area (TPSA) is 17.1 Å². The number of Topliss-reactive ketones (excluding diaryl/α,β-unsaturated/α-hetero) is 1. The van der Waals surface area contributed by atoms with Crippen molar-refractivity contribution in [2.45, 2.75) is 13.1 Å². The van der Waals surface area contributed by atoms with Crippen molar-refractivity contribution in [1.29, 1.82) is 0 Å². The fraction of sp³-hybridized carbons (Fsp3) is 0.133. The van der Waals surface area contributed by atoms with E-state index >= 15 is 0 Å². The van der Waals surface area contributed by atoms with Gasteiger partial charge in [-0.05, 0) is 43.3 Å². The molecule has 102 valence electrons. The van der Waals surface area contributed by atoms with Crippen LogP contribution < -0.4 is 0 Å². The van der Waals surface area contributed by atoms with Gasteiger partial charge in [0.2, 0.25) is 0 Å². The van der Waals surface area contributed by atoms with Crippen molar-refractivity contribution in [3.8, 4) is 11.8 Å². The molecule has 0 radical (unpaired) electrons. The Labute approximate surface area is 118 Å². The Balaban J connectivity index is 2.18. The molecule has 20 heavy (non-hydrogen) atoms. The van der Waals surface area contributed by atoms with Gasteiger partial charge in [0, 0.05) is 5.56 Å². The fourth-order valence-electron chi connectivity index (χ4n) is 1.47. The quantitative estimate of drug-likeness (QED) is 0.564. The Morgan fingerprint density at radius 2 is 1.70 bits per heavy atom. The SMILES string of the molecule is CC(=O)c1ccc(C#Cc2ccc(C(F)(F)F)cc2)s1. The number of hydrogen-bond donors (Lipinski definition) is 0. The minimum atomic E-state index is -4.34. The van der Waals surface area contributed by atoms with Gasteiger partial charge in [-0.25, -0.2) is 0 Å². The first-order valence-corrected chi connectivity index (χ1v) is 6.48. The predicted octanol–water partition coefficient (Wildman–Crippen LogP) is 4.37. The molecule has 0 amide bonds. The molecule has 0 atom stereocenters. The molecule has 0 spiro atoms. The van der Waals surface area contributed by atoms with Crippen LogP contribution in [0.15, 0.2) is 36.4 Å². The molecule has 0 aliphatic rings. The van der Waals surface area contributed by atoms with Gasteiger partial charge in [0.25, 0.3) is 0 Å². The van der Waals surface area contributed by atoms with Crippen molar-refractivity contribution in [1.82, 2.24) is 0 Å². The largest absolute Gasteiger partial charge is 0.416 e. The lowest BCUT2D eigenvalue weighted by Gasteiger charge is -2.05. The maximum atomic E-state index is 12.4. The van der Waals surface area contributed by atoms with Crippen LogP contribution in [0.3, 0.4) is 0 Å². The molecule has 2 rings (SSSR count). The van der Waals surface area contributed by atoms with E-state index in [2.05, 4.69) is 11.8 Å². The zero-order valence-corrected chi connectivity index (χ0v) is 11.2. The Morgan fingerprint density at radius 1 is 1.05 bits per heavy atom. The number of carbonyl (C=O) groups excluding carboxylic acids is 1. The summed E-state index contributed by atoms with van der Waals surface area (Å²) in [5, 5.41) is 0. The molecule has 0 N–H and O–H groups in total. The minimum absolute atomic E-state index is 0.0300. The highest BCUT2D eigenvalue weighted by Crippen LogP contribution is 2.29. The third-order valence-corrected chi connectivity index (χ3v) is 3.60. The van der Waals surface area contributed by atoms with Gasteiger partial charge in [0.1, 0.15) is 0 Å². The average molecular weight is 294 g/mol. The zero-order valence-electron chi connectivity index (χ0n) is 10.4. The van der Waals surface area contributed by atoms with Gasteiger partial charge < -0.3 is 0 Å². The van der Waals surface area contributed by atoms with Crippen molar-refractivity contribution >= 4 is 17.1 Å². The number of ketones is 1. The number of hydrogen-bond acceptors (Lipinski definition) is 2. The van der Waals surface area contributed by atoms with Crippen LogP contribution in [-0.4, -0.2) is 5.78 Å². The number of thiophene rings is 1. The number of rotatable bonds is 1. The van der Waals surface area contributed by atoms with Gasteiger partial charge in [-0.3, -0.25) is 4.79 Å². The molecule has 0 saturated carbocycles. The van der Waals surface area contributed by atoms with Crippen LogP contribution in [0.2, 0.25) is 0 Å². The molecule has 0 aliphatic heterocycles. The van der Waals surface area contributed by atoms with Crippen molar-refractivity contribution in [2.75, 3.05) is 0 Å². The second-order valence-electron chi connectivity index (χ2n) is 4.05. The molecule has 1 heterocycles. The first-order valence-electron chi connectivity index (χ1n) is 5.66. The molecule has 0 unspecified atom stereocenters. The van der Waals surface area contributed by atoms with E-state index in [0.717, 1.165) is 12.1 Å². The van der Waals surface area contributed by atoms with E-state index < -0.39 is 11.7 Å². The smallest absolute Gasteiger partial charge is 0.294 e. The van der Waals surface area contributed by atoms with E-state index in [-0.39, 0.29) is 5.78 Å². The Kier molecular flexibility index (Phi) is 3.96. The molecular formula is C15H9F3OS. The van der Waals surface area contributed by atoms with Crippen molar-refractivity contribution in [3.05, 3.63) is 57.3 Å². The summed E-state index contributed by atoms with van der Waals surface area (Å²) in [6.07, 6.45) is -4.34. The standard InChI is InChI=1S/C15H9F3OS/c1-10(19)14-9-8-13(20-14)7-4-11-2-5-12(6-3-11)15(16,17)18/h2-3,5-6,8-9H,1H3. The number of halogens is 3. The van der Waals surface area contributed by atoms with Crippen molar-refractivity contribution in [2.24, 2.45) is 0 Å². The summed E-state index contributed by atoms with van der Waals surface area (Å²) in [4.78, 5) is 12.4. The summed E-state index contributed by atoms with van der Waals surface area (Å²) < 4.78 is 37.1. The van der Waals surface area contributed by atoms with Crippen molar-refractivity contribution in [3.63, 3.8) is 0 Å². The fourth-order valence-corrected chi connectivity index (χ4v) is 2.23. The number of alkyl halides is 3. The summed E-state index contributed by atoms with van der Waals surface area (Å²) >= 11 is 1.26. The van der Waals surface area contributed by atoms with Gasteiger partial charge in [-0.2, -0.15) is 13.2 Å². The van der Waals surface area contributed by atoms with Crippen LogP contribution in [-0.2, 0) is 6.18 Å². The van der Waals surface area contributed by atoms with Crippen LogP contribution >= 0.6 is 11.3 Å². The second kappa shape index (κ2) is 5.51. The summed E-state index contributed by atoms with van der Waals surface area (Å²) in [5.74, 6) is 5.57. The van der Waals surface area contributed by atoms with Gasteiger partial charge in [-0.1, -0.05) is 11.8 Å². The van der Waals surface area contributed by atoms with E-state index in [0.29, 0.717) is 15.3 Å². The van der Waals surface area contributed by atoms with E-state index in [1.807, 2.05) is 0 Å². The van der Waals surface area contributed by atoms with Crippen LogP contribution in [0.1, 0.15) is 32.6 Å². The normalized spacial score (nSPS) is 10.8. The van der Waals surface area contributed by atoms with Crippen LogP contribution in [0.25, 0.3) is 0 Å². The van der Waals surface area contributed by atoms with Gasteiger partial charge in [-0.15, -0.1) is 11.3 Å². The van der Waals surface area contributed by atoms with E-state index in [9.17, 15) is 18.0 Å². The molecule has 5 heteroatoms. The number of benzene rings is 1. The van der Waals surface area contributed by atoms with Crippen LogP contribution in [0, 0.1) is 11.8 Å². The molecule has 1 nitrogen and oxygen atoms in total. The second-order valence-corrected chi connectivity index (χ2v) is 5.13. The third-order valence-electron chi connectivity index (χ3n) is 2.50. The van der Waals surface area contributed by atoms with E-state index in [1.54, 1.807) is 12.1 Å². The number of carbonyl (C=O) groups is 1. The molecule has 0 fully saturated rings. The molecule has 1 aromatic heterocycles. The average Bonchev–Trinajstić information content (AvgIpc) is 2.85. The van der Waals surface area contributed by atoms with Crippen molar-refractivity contribution < 1.29 is 18.0 Å². The predicted molar refractivity (Wildman–Crippen MR) is 71.7 cm³/mol. The van der Waals surface area contributed by atoms with Crippen LogP contribution in [0.4, 0.5) is 13.2 Å². The highest BCUT2D eigenvalue weighted by Gasteiger charge is 2.29. The maximum absolute atomic E-state index is 12.4. The highest BCUT2D eigenvalue weighted by atomic mass is 32.1. The van der Waals surface area contributed by atoms with Gasteiger partial charge in [0.15, 0.2) is 5.78 Å². The van der Waals surface area contributed by atoms with Gasteiger partial charge in [0.05, 0.1) is 15.3 Å². The summed E-state index contributed by atoms with van der Waals surface area (Å²) in [6, 6.07) is 8.06. The highest BCUT2D eigenvalue weighted by molar-refractivity contribution is 7.14. The van der Waals surface area contributed by atoms with E-state index in [4.69, 9.17) is 0 Å². The Morgan fingerprint density at radius 3 is 2.20 bits per heavy atom. The monoisotopic (exact) mass is 294 g/mol. The van der Waals surface area contributed by atoms with Crippen LogP contribution in [0.5, 0.6) is 0 Å². The lowest BCUT2D eigenvalue weighted by molar-refractivity contribution is -0.137. The summed E-state index contributed by atoms with van der Waals surface area (Å²) in [5.41, 5.74) is -0.200. The molecule has 2 aromatic rings. The summed E-state index contributed by atoms with van der Waals surface area (Å²) in [6.45, 7) is 1.47. The molecule has 1 aromatic carbocycles. The lowest BCUT2D eigenvalue weighted by Crippen LogP contribution is -2.04. The lowest BCUT2D eigenvalue weighted by atomic mass is 10.1. The maximum Gasteiger partial charge on any atom is 0.416 e. The van der Waals surface area contributed by atoms with E-state index in [1.165, 1.54) is 30.4 Å². The summed E-state index contributed by atoms with van der Waals surface area (Å²) in [7, 11) is 0. The third kappa shape index (κ3) is 3.49. The Hall–Kier alpha value is -2.06. The van der Waals surface area contributed by atoms with Gasteiger partial charge >= 0.3 is 6.18 Å². The molecule has 0 bridgehead atoms. The first-order chi connectivity index (χ1) is 9.36. The molecule has 0 aliphatic carbocycles. The molecule has 0 saturated heterocycles. The minimum Gasteiger partial charge on any atom is -0.294 e. The molecular weight excluding hydrogens is 285 g/mol. The first kappa shape index (κ1) is 14.4. The Bertz CT molecular complexity index is 684.